The Labute approximate surface area is 99.5 Å². The fourth-order valence-electron chi connectivity index (χ4n) is 2.34. The van der Waals surface area contributed by atoms with Gasteiger partial charge in [0.25, 0.3) is 5.91 Å². The minimum Gasteiger partial charge on any atom is -0.396 e. The van der Waals surface area contributed by atoms with Crippen LogP contribution in [0.25, 0.3) is 0 Å². The third-order valence-electron chi connectivity index (χ3n) is 3.32. The predicted molar refractivity (Wildman–Crippen MR) is 64.6 cm³/mol. The highest BCUT2D eigenvalue weighted by molar-refractivity contribution is 7.12. The first-order valence-corrected chi connectivity index (χ1v) is 6.62. The monoisotopic (exact) mass is 239 g/mol. The summed E-state index contributed by atoms with van der Waals surface area (Å²) in [5, 5.41) is 14.0. The van der Waals surface area contributed by atoms with Crippen LogP contribution in [0.15, 0.2) is 17.5 Å². The second kappa shape index (κ2) is 5.46. The van der Waals surface area contributed by atoms with Crippen molar-refractivity contribution >= 4 is 17.2 Å². The molecule has 1 amide bonds. The number of hydrogen-bond donors (Lipinski definition) is 2. The Balaban J connectivity index is 1.81. The van der Waals surface area contributed by atoms with Crippen molar-refractivity contribution in [3.63, 3.8) is 0 Å². The summed E-state index contributed by atoms with van der Waals surface area (Å²) in [6.07, 6.45) is 3.39. The molecule has 2 unspecified atom stereocenters. The number of hydrogen-bond acceptors (Lipinski definition) is 3. The standard InChI is InChI=1S/C12H17NO2S/c14-8-10-4-1-3-9(10)7-13-12(15)11-5-2-6-16-11/h2,5-6,9-10,14H,1,3-4,7-8H2,(H,13,15). The zero-order valence-electron chi connectivity index (χ0n) is 9.19. The molecule has 1 saturated carbocycles. The van der Waals surface area contributed by atoms with Crippen LogP contribution in [0.5, 0.6) is 0 Å². The highest BCUT2D eigenvalue weighted by Gasteiger charge is 2.26. The first-order valence-electron chi connectivity index (χ1n) is 5.74. The molecule has 0 radical (unpaired) electrons. The SMILES string of the molecule is O=C(NCC1CCCC1CO)c1cccs1. The Kier molecular flexibility index (Phi) is 3.96. The number of aliphatic hydroxyl groups excluding tert-OH is 1. The summed E-state index contributed by atoms with van der Waals surface area (Å²) in [6.45, 7) is 0.946. The van der Waals surface area contributed by atoms with E-state index in [0.29, 0.717) is 18.4 Å². The van der Waals surface area contributed by atoms with Gasteiger partial charge in [0.05, 0.1) is 4.88 Å². The van der Waals surface area contributed by atoms with Crippen molar-refractivity contribution < 1.29 is 9.90 Å². The van der Waals surface area contributed by atoms with E-state index in [-0.39, 0.29) is 12.5 Å². The van der Waals surface area contributed by atoms with Crippen molar-refractivity contribution in [3.8, 4) is 0 Å². The molecule has 1 fully saturated rings. The molecular weight excluding hydrogens is 222 g/mol. The molecule has 0 spiro atoms. The van der Waals surface area contributed by atoms with E-state index in [9.17, 15) is 9.90 Å². The molecule has 0 aliphatic heterocycles. The average Bonchev–Trinajstić information content (AvgIpc) is 2.96. The quantitative estimate of drug-likeness (QED) is 0.843. The van der Waals surface area contributed by atoms with Gasteiger partial charge in [-0.05, 0) is 36.1 Å². The lowest BCUT2D eigenvalue weighted by Gasteiger charge is -2.17. The lowest BCUT2D eigenvalue weighted by molar-refractivity contribution is 0.0942. The fraction of sp³-hybridized carbons (Fsp3) is 0.583. The number of aliphatic hydroxyl groups is 1. The summed E-state index contributed by atoms with van der Waals surface area (Å²) in [5.74, 6) is 0.844. The molecule has 1 heterocycles. The van der Waals surface area contributed by atoms with E-state index in [1.165, 1.54) is 17.8 Å². The predicted octanol–water partition coefficient (Wildman–Crippen LogP) is 1.89. The van der Waals surface area contributed by atoms with Crippen molar-refractivity contribution in [2.75, 3.05) is 13.2 Å². The lowest BCUT2D eigenvalue weighted by Crippen LogP contribution is -2.31. The van der Waals surface area contributed by atoms with Crippen molar-refractivity contribution in [2.24, 2.45) is 11.8 Å². The first-order chi connectivity index (χ1) is 7.81. The Hall–Kier alpha value is -0.870. The van der Waals surface area contributed by atoms with E-state index in [0.717, 1.165) is 17.7 Å². The van der Waals surface area contributed by atoms with Gasteiger partial charge >= 0.3 is 0 Å². The molecule has 2 rings (SSSR count). The molecule has 16 heavy (non-hydrogen) atoms. The zero-order chi connectivity index (χ0) is 11.4. The molecule has 2 atom stereocenters. The van der Waals surface area contributed by atoms with E-state index >= 15 is 0 Å². The summed E-state index contributed by atoms with van der Waals surface area (Å²) in [5.41, 5.74) is 0. The smallest absolute Gasteiger partial charge is 0.261 e. The van der Waals surface area contributed by atoms with Crippen molar-refractivity contribution in [1.82, 2.24) is 5.32 Å². The van der Waals surface area contributed by atoms with E-state index in [1.807, 2.05) is 17.5 Å². The van der Waals surface area contributed by atoms with Gasteiger partial charge in [0.1, 0.15) is 0 Å². The molecule has 0 aromatic carbocycles. The number of carbonyl (C=O) groups excluding carboxylic acids is 1. The Bertz CT molecular complexity index is 337. The maximum absolute atomic E-state index is 11.7. The van der Waals surface area contributed by atoms with Gasteiger partial charge in [-0.2, -0.15) is 0 Å². The average molecular weight is 239 g/mol. The third-order valence-corrected chi connectivity index (χ3v) is 4.19. The van der Waals surface area contributed by atoms with Crippen LogP contribution in [-0.2, 0) is 0 Å². The third kappa shape index (κ3) is 2.62. The maximum atomic E-state index is 11.7. The largest absolute Gasteiger partial charge is 0.396 e. The van der Waals surface area contributed by atoms with Gasteiger partial charge in [-0.1, -0.05) is 12.5 Å². The second-order valence-electron chi connectivity index (χ2n) is 4.32. The van der Waals surface area contributed by atoms with E-state index < -0.39 is 0 Å². The normalized spacial score (nSPS) is 24.6. The molecule has 88 valence electrons. The summed E-state index contributed by atoms with van der Waals surface area (Å²) in [7, 11) is 0. The van der Waals surface area contributed by atoms with Gasteiger partial charge < -0.3 is 10.4 Å². The van der Waals surface area contributed by atoms with Crippen molar-refractivity contribution in [2.45, 2.75) is 19.3 Å². The van der Waals surface area contributed by atoms with Gasteiger partial charge in [-0.3, -0.25) is 4.79 Å². The van der Waals surface area contributed by atoms with Crippen LogP contribution < -0.4 is 5.32 Å². The highest BCUT2D eigenvalue weighted by atomic mass is 32.1. The van der Waals surface area contributed by atoms with Crippen molar-refractivity contribution in [1.29, 1.82) is 0 Å². The summed E-state index contributed by atoms with van der Waals surface area (Å²) < 4.78 is 0. The van der Waals surface area contributed by atoms with Gasteiger partial charge in [-0.25, -0.2) is 0 Å². The van der Waals surface area contributed by atoms with E-state index in [4.69, 9.17) is 0 Å². The van der Waals surface area contributed by atoms with Crippen LogP contribution in [0.1, 0.15) is 28.9 Å². The second-order valence-corrected chi connectivity index (χ2v) is 5.27. The summed E-state index contributed by atoms with van der Waals surface area (Å²) >= 11 is 1.46. The molecule has 1 aromatic heterocycles. The molecule has 2 N–H and O–H groups in total. The molecule has 3 nitrogen and oxygen atoms in total. The van der Waals surface area contributed by atoms with Crippen LogP contribution in [0.3, 0.4) is 0 Å². The molecule has 1 aliphatic rings. The van der Waals surface area contributed by atoms with Crippen LogP contribution >= 0.6 is 11.3 Å². The molecule has 0 saturated heterocycles. The lowest BCUT2D eigenvalue weighted by atomic mass is 9.97. The summed E-state index contributed by atoms with van der Waals surface area (Å²) in [4.78, 5) is 12.5. The number of thiophene rings is 1. The molecule has 1 aromatic rings. The minimum atomic E-state index is 0.0126. The minimum absolute atomic E-state index is 0.0126. The Morgan fingerprint density at radius 1 is 1.50 bits per heavy atom. The highest BCUT2D eigenvalue weighted by Crippen LogP contribution is 2.30. The maximum Gasteiger partial charge on any atom is 0.261 e. The van der Waals surface area contributed by atoms with E-state index in [2.05, 4.69) is 5.32 Å². The van der Waals surface area contributed by atoms with Crippen LogP contribution in [0.2, 0.25) is 0 Å². The fourth-order valence-corrected chi connectivity index (χ4v) is 2.98. The molecule has 0 bridgehead atoms. The van der Waals surface area contributed by atoms with Crippen LogP contribution in [0.4, 0.5) is 0 Å². The van der Waals surface area contributed by atoms with Gasteiger partial charge in [0, 0.05) is 13.2 Å². The number of rotatable bonds is 4. The van der Waals surface area contributed by atoms with Crippen LogP contribution in [-0.4, -0.2) is 24.2 Å². The van der Waals surface area contributed by atoms with Gasteiger partial charge in [-0.15, -0.1) is 11.3 Å². The first kappa shape index (κ1) is 11.6. The summed E-state index contributed by atoms with van der Waals surface area (Å²) in [6, 6.07) is 3.71. The van der Waals surface area contributed by atoms with Gasteiger partial charge in [0.15, 0.2) is 0 Å². The Morgan fingerprint density at radius 3 is 3.00 bits per heavy atom. The zero-order valence-corrected chi connectivity index (χ0v) is 10.0. The molecular formula is C12H17NO2S. The molecule has 1 aliphatic carbocycles. The number of carbonyl (C=O) groups is 1. The van der Waals surface area contributed by atoms with Gasteiger partial charge in [0.2, 0.25) is 0 Å². The van der Waals surface area contributed by atoms with E-state index in [1.54, 1.807) is 0 Å². The number of nitrogens with one attached hydrogen (secondary N) is 1. The molecule has 4 heteroatoms. The van der Waals surface area contributed by atoms with Crippen LogP contribution in [0, 0.1) is 11.8 Å². The van der Waals surface area contributed by atoms with Crippen molar-refractivity contribution in [3.05, 3.63) is 22.4 Å². The Morgan fingerprint density at radius 2 is 2.31 bits per heavy atom. The topological polar surface area (TPSA) is 49.3 Å². The number of amides is 1.